The quantitative estimate of drug-likeness (QED) is 0.335. The Morgan fingerprint density at radius 3 is 2.42 bits per heavy atom. The molecule has 162 valence electrons. The van der Waals surface area contributed by atoms with Crippen molar-refractivity contribution in [2.75, 3.05) is 46.4 Å². The van der Waals surface area contributed by atoms with Crippen LogP contribution in [0, 0.1) is 0 Å². The highest BCUT2D eigenvalue weighted by molar-refractivity contribution is 6.46. The second-order valence-corrected chi connectivity index (χ2v) is 8.00. The third-order valence-corrected chi connectivity index (χ3v) is 6.13. The molecule has 2 aliphatic rings. The second kappa shape index (κ2) is 9.32. The van der Waals surface area contributed by atoms with Crippen LogP contribution in [0.5, 0.6) is 5.75 Å². The van der Waals surface area contributed by atoms with Gasteiger partial charge < -0.3 is 25.0 Å². The average Bonchev–Trinajstić information content (AvgIpc) is 3.08. The number of hydrogen-bond donors (Lipinski definition) is 3. The molecule has 1 atom stereocenters. The number of nitrogens with one attached hydrogen (secondary N) is 1. The zero-order valence-corrected chi connectivity index (χ0v) is 17.7. The maximum absolute atomic E-state index is 13.0. The number of quaternary nitrogens is 2. The van der Waals surface area contributed by atoms with Gasteiger partial charge in [0.15, 0.2) is 0 Å². The van der Waals surface area contributed by atoms with Gasteiger partial charge in [-0.15, -0.1) is 0 Å². The molecule has 2 saturated heterocycles. The number of Topliss-reactive ketones (excluding diaryl/α,β-unsaturated/α-hetero) is 1. The molecule has 4 rings (SSSR count). The van der Waals surface area contributed by atoms with Crippen LogP contribution < -0.4 is 15.0 Å². The Bertz CT molecular complexity index is 966. The van der Waals surface area contributed by atoms with Crippen molar-refractivity contribution in [2.45, 2.75) is 6.04 Å². The maximum atomic E-state index is 13.0. The number of aliphatic hydroxyl groups is 1. The van der Waals surface area contributed by atoms with Crippen LogP contribution in [0.15, 0.2) is 60.2 Å². The molecule has 0 unspecified atom stereocenters. The fourth-order valence-electron chi connectivity index (χ4n) is 4.41. The van der Waals surface area contributed by atoms with Crippen molar-refractivity contribution in [3.8, 4) is 5.75 Å². The van der Waals surface area contributed by atoms with Gasteiger partial charge in [-0.05, 0) is 29.8 Å². The van der Waals surface area contributed by atoms with Gasteiger partial charge in [-0.25, -0.2) is 0 Å². The number of likely N-dealkylation sites (tertiary alicyclic amines) is 1. The van der Waals surface area contributed by atoms with Crippen molar-refractivity contribution in [3.05, 3.63) is 71.3 Å². The van der Waals surface area contributed by atoms with Crippen molar-refractivity contribution < 1.29 is 29.6 Å². The first-order chi connectivity index (χ1) is 15.1. The molecule has 2 fully saturated rings. The number of nitrogens with zero attached hydrogens (tertiary/aromatic N) is 1. The lowest BCUT2D eigenvalue weighted by molar-refractivity contribution is -0.946. The third kappa shape index (κ3) is 4.33. The molecular weight excluding hydrogens is 394 g/mol. The van der Waals surface area contributed by atoms with Gasteiger partial charge in [0.2, 0.25) is 0 Å². The summed E-state index contributed by atoms with van der Waals surface area (Å²) in [6, 6.07) is 15.7. The number of piperazine rings is 1. The molecule has 0 saturated carbocycles. The van der Waals surface area contributed by atoms with Crippen LogP contribution in [-0.2, 0) is 9.59 Å². The molecule has 4 N–H and O–H groups in total. The molecule has 0 spiro atoms. The molecule has 0 radical (unpaired) electrons. The van der Waals surface area contributed by atoms with Crippen LogP contribution in [0.2, 0.25) is 0 Å². The van der Waals surface area contributed by atoms with E-state index in [9.17, 15) is 14.7 Å². The smallest absolute Gasteiger partial charge is 0.295 e. The van der Waals surface area contributed by atoms with E-state index < -0.39 is 17.7 Å². The van der Waals surface area contributed by atoms with E-state index in [-0.39, 0.29) is 11.3 Å². The summed E-state index contributed by atoms with van der Waals surface area (Å²) in [6.07, 6.45) is 0. The van der Waals surface area contributed by atoms with E-state index in [1.807, 2.05) is 30.3 Å². The van der Waals surface area contributed by atoms with Crippen LogP contribution in [0.4, 0.5) is 0 Å². The number of carbonyl (C=O) groups excluding carboxylic acids is 2. The molecule has 2 aliphatic heterocycles. The number of amides is 1. The molecule has 0 aliphatic carbocycles. The minimum Gasteiger partial charge on any atom is -0.507 e. The van der Waals surface area contributed by atoms with Crippen LogP contribution in [0.25, 0.3) is 5.76 Å². The summed E-state index contributed by atoms with van der Waals surface area (Å²) >= 11 is 0. The summed E-state index contributed by atoms with van der Waals surface area (Å²) in [5.41, 5.74) is 1.44. The Labute approximate surface area is 181 Å². The summed E-state index contributed by atoms with van der Waals surface area (Å²) in [5, 5.41) is 13.4. The Morgan fingerprint density at radius 1 is 1.10 bits per heavy atom. The first kappa shape index (κ1) is 21.1. The molecule has 2 aromatic carbocycles. The van der Waals surface area contributed by atoms with Gasteiger partial charge >= 0.3 is 0 Å². The average molecular weight is 424 g/mol. The summed E-state index contributed by atoms with van der Waals surface area (Å²) in [6.45, 7) is 5.50. The largest absolute Gasteiger partial charge is 0.507 e. The van der Waals surface area contributed by atoms with Gasteiger partial charge in [0.05, 0.1) is 31.8 Å². The van der Waals surface area contributed by atoms with Crippen LogP contribution >= 0.6 is 0 Å². The molecule has 31 heavy (non-hydrogen) atoms. The SMILES string of the molecule is COc1ccc(C(O)=C2C(=O)C(=O)N(CC[NH+]3CC[NH2+]CC3)[C@@H]2c2ccccc2)cc1. The zero-order valence-electron chi connectivity index (χ0n) is 17.7. The number of methoxy groups -OCH3 is 1. The molecule has 0 bridgehead atoms. The molecule has 1 amide bonds. The minimum atomic E-state index is -0.635. The molecule has 7 heteroatoms. The van der Waals surface area contributed by atoms with E-state index in [2.05, 4.69) is 5.32 Å². The maximum Gasteiger partial charge on any atom is 0.295 e. The molecule has 0 aromatic heterocycles. The van der Waals surface area contributed by atoms with E-state index in [0.717, 1.165) is 38.3 Å². The lowest BCUT2D eigenvalue weighted by atomic mass is 9.95. The van der Waals surface area contributed by atoms with Crippen LogP contribution in [0.1, 0.15) is 17.2 Å². The summed E-state index contributed by atoms with van der Waals surface area (Å²) < 4.78 is 5.18. The Kier molecular flexibility index (Phi) is 6.34. The summed E-state index contributed by atoms with van der Waals surface area (Å²) in [4.78, 5) is 29.1. The van der Waals surface area contributed by atoms with E-state index in [1.165, 1.54) is 4.90 Å². The van der Waals surface area contributed by atoms with Crippen molar-refractivity contribution in [1.82, 2.24) is 4.90 Å². The Balaban J connectivity index is 1.70. The first-order valence-corrected chi connectivity index (χ1v) is 10.7. The van der Waals surface area contributed by atoms with Gasteiger partial charge in [-0.1, -0.05) is 30.3 Å². The number of rotatable bonds is 6. The summed E-state index contributed by atoms with van der Waals surface area (Å²) in [5.74, 6) is -0.688. The van der Waals surface area contributed by atoms with Gasteiger partial charge in [0.25, 0.3) is 11.7 Å². The monoisotopic (exact) mass is 423 g/mol. The molecule has 2 heterocycles. The highest BCUT2D eigenvalue weighted by atomic mass is 16.5. The van der Waals surface area contributed by atoms with Gasteiger partial charge in [0, 0.05) is 5.56 Å². The van der Waals surface area contributed by atoms with Gasteiger partial charge in [-0.3, -0.25) is 9.59 Å². The molecular formula is C24H29N3O4+2. The number of ketones is 1. The lowest BCUT2D eigenvalue weighted by Crippen LogP contribution is -3.20. The standard InChI is InChI=1S/C24H27N3O4/c1-31-19-9-7-18(8-10-19)22(28)20-21(17-5-3-2-4-6-17)27(24(30)23(20)29)16-15-26-13-11-25-12-14-26/h2-10,21,25,28H,11-16H2,1H3/p+2/t21-/m1/s1. The van der Waals surface area contributed by atoms with Crippen LogP contribution in [0.3, 0.4) is 0 Å². The number of hydrogen-bond acceptors (Lipinski definition) is 4. The predicted molar refractivity (Wildman–Crippen MR) is 116 cm³/mol. The van der Waals surface area contributed by atoms with Crippen molar-refractivity contribution in [2.24, 2.45) is 0 Å². The first-order valence-electron chi connectivity index (χ1n) is 10.7. The number of nitrogens with two attached hydrogens (primary N) is 1. The number of ether oxygens (including phenoxy) is 1. The van der Waals surface area contributed by atoms with Gasteiger partial charge in [0.1, 0.15) is 37.7 Å². The van der Waals surface area contributed by atoms with E-state index >= 15 is 0 Å². The number of carbonyl (C=O) groups is 2. The highest BCUT2D eigenvalue weighted by Gasteiger charge is 2.46. The Hall–Kier alpha value is -3.16. The lowest BCUT2D eigenvalue weighted by Gasteiger charge is -2.28. The molecule has 7 nitrogen and oxygen atoms in total. The number of benzene rings is 2. The highest BCUT2D eigenvalue weighted by Crippen LogP contribution is 2.39. The van der Waals surface area contributed by atoms with Crippen LogP contribution in [-0.4, -0.2) is 68.1 Å². The minimum absolute atomic E-state index is 0.142. The number of aliphatic hydroxyl groups excluding tert-OH is 1. The Morgan fingerprint density at radius 2 is 1.77 bits per heavy atom. The molecule has 2 aromatic rings. The summed E-state index contributed by atoms with van der Waals surface area (Å²) in [7, 11) is 1.57. The van der Waals surface area contributed by atoms with E-state index in [4.69, 9.17) is 4.74 Å². The van der Waals surface area contributed by atoms with Gasteiger partial charge in [-0.2, -0.15) is 0 Å². The van der Waals surface area contributed by atoms with E-state index in [1.54, 1.807) is 36.3 Å². The zero-order chi connectivity index (χ0) is 21.8. The fourth-order valence-corrected chi connectivity index (χ4v) is 4.41. The predicted octanol–water partition coefficient (Wildman–Crippen LogP) is -0.421. The van der Waals surface area contributed by atoms with Crippen molar-refractivity contribution >= 4 is 17.4 Å². The van der Waals surface area contributed by atoms with Crippen molar-refractivity contribution in [1.29, 1.82) is 0 Å². The van der Waals surface area contributed by atoms with E-state index in [0.29, 0.717) is 17.9 Å². The van der Waals surface area contributed by atoms with Crippen molar-refractivity contribution in [3.63, 3.8) is 0 Å². The normalized spacial score (nSPS) is 21.5. The fraction of sp³-hybridized carbons (Fsp3) is 0.333. The third-order valence-electron chi connectivity index (χ3n) is 6.13. The topological polar surface area (TPSA) is 87.9 Å². The second-order valence-electron chi connectivity index (χ2n) is 8.00.